The van der Waals surface area contributed by atoms with Crippen molar-refractivity contribution in [2.45, 2.75) is 6.92 Å². The fourth-order valence-corrected chi connectivity index (χ4v) is 5.23. The molecule has 0 saturated heterocycles. The number of fused-ring (bicyclic) bond motifs is 2. The molecule has 0 radical (unpaired) electrons. The van der Waals surface area contributed by atoms with E-state index in [1.807, 2.05) is 49.4 Å². The van der Waals surface area contributed by atoms with E-state index in [1.165, 1.54) is 11.3 Å². The first-order valence-electron chi connectivity index (χ1n) is 10.6. The standard InChI is InChI=1S/C27H16N2O4S/c1-15-21(16-9-3-2-4-10-16)23(25-29-20-14-8-6-12-18(20)27(31)33-25)34-22(15)24-28-19-13-7-5-11-17(19)26(30)32-24/h2-14H,1H3. The first-order chi connectivity index (χ1) is 16.6. The summed E-state index contributed by atoms with van der Waals surface area (Å²) in [5, 5.41) is 0.842. The van der Waals surface area contributed by atoms with E-state index in [2.05, 4.69) is 9.97 Å². The fraction of sp³-hybridized carbons (Fsp3) is 0.0370. The number of aromatic nitrogens is 2. The second-order valence-corrected chi connectivity index (χ2v) is 8.79. The smallest absolute Gasteiger partial charge is 0.347 e. The third-order valence-electron chi connectivity index (χ3n) is 5.67. The zero-order valence-electron chi connectivity index (χ0n) is 17.9. The highest BCUT2D eigenvalue weighted by atomic mass is 32.1. The minimum atomic E-state index is -0.456. The van der Waals surface area contributed by atoms with Gasteiger partial charge in [-0.05, 0) is 42.3 Å². The van der Waals surface area contributed by atoms with Gasteiger partial charge in [-0.2, -0.15) is 0 Å². The second kappa shape index (κ2) is 7.90. The molecule has 34 heavy (non-hydrogen) atoms. The maximum Gasteiger partial charge on any atom is 0.347 e. The van der Waals surface area contributed by atoms with Gasteiger partial charge in [0.05, 0.1) is 31.6 Å². The van der Waals surface area contributed by atoms with Gasteiger partial charge in [-0.15, -0.1) is 11.3 Å². The van der Waals surface area contributed by atoms with Crippen LogP contribution in [-0.4, -0.2) is 9.97 Å². The van der Waals surface area contributed by atoms with E-state index >= 15 is 0 Å². The fourth-order valence-electron chi connectivity index (χ4n) is 4.05. The van der Waals surface area contributed by atoms with Gasteiger partial charge in [0.2, 0.25) is 11.8 Å². The quantitative estimate of drug-likeness (QED) is 0.316. The van der Waals surface area contributed by atoms with Gasteiger partial charge in [0.15, 0.2) is 0 Å². The average Bonchev–Trinajstić information content (AvgIpc) is 3.21. The Labute approximate surface area is 196 Å². The molecule has 6 nitrogen and oxygen atoms in total. The van der Waals surface area contributed by atoms with Gasteiger partial charge in [0.25, 0.3) is 0 Å². The summed E-state index contributed by atoms with van der Waals surface area (Å²) in [5.41, 5.74) is 2.83. The Morgan fingerprint density at radius 3 is 1.74 bits per heavy atom. The van der Waals surface area contributed by atoms with Crippen molar-refractivity contribution < 1.29 is 8.83 Å². The van der Waals surface area contributed by atoms with Gasteiger partial charge in [-0.3, -0.25) is 0 Å². The highest BCUT2D eigenvalue weighted by Gasteiger charge is 2.24. The molecule has 0 bridgehead atoms. The van der Waals surface area contributed by atoms with E-state index in [0.717, 1.165) is 16.7 Å². The summed E-state index contributed by atoms with van der Waals surface area (Å²) in [6, 6.07) is 23.9. The molecule has 164 valence electrons. The highest BCUT2D eigenvalue weighted by molar-refractivity contribution is 7.19. The second-order valence-electron chi connectivity index (χ2n) is 7.77. The molecule has 6 rings (SSSR count). The van der Waals surface area contributed by atoms with E-state index in [4.69, 9.17) is 8.83 Å². The molecule has 0 amide bonds. The topological polar surface area (TPSA) is 86.2 Å². The first-order valence-corrected chi connectivity index (χ1v) is 11.4. The molecule has 3 heterocycles. The normalized spacial score (nSPS) is 11.3. The van der Waals surface area contributed by atoms with Crippen LogP contribution in [0.15, 0.2) is 97.3 Å². The van der Waals surface area contributed by atoms with Gasteiger partial charge < -0.3 is 8.83 Å². The molecule has 6 aromatic rings. The Kier molecular flexibility index (Phi) is 4.71. The van der Waals surface area contributed by atoms with Crippen molar-refractivity contribution in [2.75, 3.05) is 0 Å². The number of nitrogens with zero attached hydrogens (tertiary/aromatic N) is 2. The lowest BCUT2D eigenvalue weighted by Crippen LogP contribution is -2.02. The summed E-state index contributed by atoms with van der Waals surface area (Å²) in [7, 11) is 0. The third kappa shape index (κ3) is 3.25. The van der Waals surface area contributed by atoms with Crippen LogP contribution in [0.3, 0.4) is 0 Å². The van der Waals surface area contributed by atoms with Crippen LogP contribution in [-0.2, 0) is 0 Å². The molecule has 3 aromatic carbocycles. The van der Waals surface area contributed by atoms with Crippen molar-refractivity contribution in [1.82, 2.24) is 9.97 Å². The lowest BCUT2D eigenvalue weighted by atomic mass is 10.0. The predicted octanol–water partition coefficient (Wildman–Crippen LogP) is 6.06. The predicted molar refractivity (Wildman–Crippen MR) is 133 cm³/mol. The van der Waals surface area contributed by atoms with E-state index in [1.54, 1.807) is 36.4 Å². The Hall–Kier alpha value is -4.36. The van der Waals surface area contributed by atoms with Crippen LogP contribution in [0.2, 0.25) is 0 Å². The molecule has 0 fully saturated rings. The minimum absolute atomic E-state index is 0.213. The van der Waals surface area contributed by atoms with E-state index in [0.29, 0.717) is 31.6 Å². The van der Waals surface area contributed by atoms with E-state index in [-0.39, 0.29) is 11.8 Å². The summed E-state index contributed by atoms with van der Waals surface area (Å²) >= 11 is 1.33. The van der Waals surface area contributed by atoms with Crippen molar-refractivity contribution in [3.63, 3.8) is 0 Å². The molecule has 0 atom stereocenters. The number of hydrogen-bond donors (Lipinski definition) is 0. The highest BCUT2D eigenvalue weighted by Crippen LogP contribution is 2.46. The lowest BCUT2D eigenvalue weighted by molar-refractivity contribution is 0.519. The van der Waals surface area contributed by atoms with Gasteiger partial charge in [-0.25, -0.2) is 19.6 Å². The molecule has 0 aliphatic heterocycles. The summed E-state index contributed by atoms with van der Waals surface area (Å²) in [4.78, 5) is 35.9. The molecule has 0 aliphatic carbocycles. The number of para-hydroxylation sites is 2. The molecular formula is C27H16N2O4S. The molecule has 0 N–H and O–H groups in total. The van der Waals surface area contributed by atoms with Crippen LogP contribution >= 0.6 is 11.3 Å². The van der Waals surface area contributed by atoms with E-state index < -0.39 is 11.3 Å². The molecule has 0 aliphatic rings. The lowest BCUT2D eigenvalue weighted by Gasteiger charge is -2.06. The van der Waals surface area contributed by atoms with Gasteiger partial charge in [0, 0.05) is 5.56 Å². The van der Waals surface area contributed by atoms with Crippen molar-refractivity contribution in [3.8, 4) is 32.7 Å². The molecular weight excluding hydrogens is 448 g/mol. The number of benzene rings is 3. The van der Waals surface area contributed by atoms with Crippen LogP contribution in [0, 0.1) is 6.92 Å². The average molecular weight is 465 g/mol. The summed E-state index contributed by atoms with van der Waals surface area (Å²) in [6.07, 6.45) is 0. The SMILES string of the molecule is Cc1c(-c2nc3ccccc3c(=O)o2)sc(-c2nc3ccccc3c(=O)o2)c1-c1ccccc1. The number of thiophene rings is 1. The van der Waals surface area contributed by atoms with E-state index in [9.17, 15) is 9.59 Å². The minimum Gasteiger partial charge on any atom is -0.402 e. The Morgan fingerprint density at radius 1 is 0.647 bits per heavy atom. The van der Waals surface area contributed by atoms with Crippen molar-refractivity contribution in [2.24, 2.45) is 0 Å². The third-order valence-corrected chi connectivity index (χ3v) is 6.94. The van der Waals surface area contributed by atoms with Gasteiger partial charge in [-0.1, -0.05) is 54.6 Å². The molecule has 7 heteroatoms. The van der Waals surface area contributed by atoms with Crippen LogP contribution in [0.25, 0.3) is 54.5 Å². The number of rotatable bonds is 3. The summed E-state index contributed by atoms with van der Waals surface area (Å²) in [6.45, 7) is 1.94. The van der Waals surface area contributed by atoms with Crippen molar-refractivity contribution >= 4 is 33.1 Å². The van der Waals surface area contributed by atoms with Crippen LogP contribution in [0.1, 0.15) is 5.56 Å². The summed E-state index contributed by atoms with van der Waals surface area (Å²) < 4.78 is 11.3. The number of hydrogen-bond acceptors (Lipinski definition) is 7. The molecule has 0 unspecified atom stereocenters. The zero-order valence-corrected chi connectivity index (χ0v) is 18.8. The summed E-state index contributed by atoms with van der Waals surface area (Å²) in [5.74, 6) is 0.433. The first kappa shape index (κ1) is 20.3. The van der Waals surface area contributed by atoms with Crippen LogP contribution < -0.4 is 11.3 Å². The van der Waals surface area contributed by atoms with Crippen LogP contribution in [0.5, 0.6) is 0 Å². The van der Waals surface area contributed by atoms with Gasteiger partial charge in [0.1, 0.15) is 0 Å². The maximum absolute atomic E-state index is 12.7. The Balaban J connectivity index is 1.65. The van der Waals surface area contributed by atoms with Gasteiger partial charge >= 0.3 is 11.3 Å². The molecule has 0 spiro atoms. The maximum atomic E-state index is 12.7. The molecule has 3 aromatic heterocycles. The monoisotopic (exact) mass is 464 g/mol. The Morgan fingerprint density at radius 2 is 1.15 bits per heavy atom. The Bertz CT molecular complexity index is 1820. The van der Waals surface area contributed by atoms with Crippen molar-refractivity contribution in [3.05, 3.63) is 105 Å². The molecule has 0 saturated carbocycles. The zero-order chi connectivity index (χ0) is 23.2. The largest absolute Gasteiger partial charge is 0.402 e. The van der Waals surface area contributed by atoms with Crippen LogP contribution in [0.4, 0.5) is 0 Å². The van der Waals surface area contributed by atoms with Crippen molar-refractivity contribution in [1.29, 1.82) is 0 Å².